The maximum absolute atomic E-state index is 13.9. The SMILES string of the molecule is CCN(Cc1ccccc1)c1nc(NC)c(F)cc1F. The Hall–Kier alpha value is -2.17. The van der Waals surface area contributed by atoms with Crippen molar-refractivity contribution in [2.75, 3.05) is 23.8 Å². The largest absolute Gasteiger partial charge is 0.371 e. The summed E-state index contributed by atoms with van der Waals surface area (Å²) >= 11 is 0. The molecule has 0 bridgehead atoms. The molecule has 3 nitrogen and oxygen atoms in total. The van der Waals surface area contributed by atoms with Gasteiger partial charge in [-0.05, 0) is 12.5 Å². The molecule has 0 aliphatic rings. The third-order valence-corrected chi connectivity index (χ3v) is 3.05. The highest BCUT2D eigenvalue weighted by atomic mass is 19.1. The number of halogens is 2. The first-order chi connectivity index (χ1) is 9.65. The molecule has 0 radical (unpaired) electrons. The van der Waals surface area contributed by atoms with Gasteiger partial charge in [-0.15, -0.1) is 0 Å². The molecule has 1 N–H and O–H groups in total. The van der Waals surface area contributed by atoms with E-state index in [1.54, 1.807) is 11.9 Å². The minimum atomic E-state index is -0.690. The lowest BCUT2D eigenvalue weighted by molar-refractivity contribution is 0.570. The summed E-state index contributed by atoms with van der Waals surface area (Å²) in [6, 6.07) is 10.6. The number of nitrogens with zero attached hydrogens (tertiary/aromatic N) is 2. The van der Waals surface area contributed by atoms with Crippen LogP contribution in [0.25, 0.3) is 0 Å². The number of hydrogen-bond donors (Lipinski definition) is 1. The Morgan fingerprint density at radius 1 is 1.15 bits per heavy atom. The van der Waals surface area contributed by atoms with Gasteiger partial charge < -0.3 is 10.2 Å². The molecule has 20 heavy (non-hydrogen) atoms. The minimum Gasteiger partial charge on any atom is -0.371 e. The van der Waals surface area contributed by atoms with Crippen molar-refractivity contribution in [2.45, 2.75) is 13.5 Å². The van der Waals surface area contributed by atoms with Crippen LogP contribution in [0.2, 0.25) is 0 Å². The number of aromatic nitrogens is 1. The highest BCUT2D eigenvalue weighted by Gasteiger charge is 2.16. The molecular weight excluding hydrogens is 260 g/mol. The minimum absolute atomic E-state index is 0.0490. The fraction of sp³-hybridized carbons (Fsp3) is 0.267. The van der Waals surface area contributed by atoms with Gasteiger partial charge in [-0.2, -0.15) is 0 Å². The zero-order chi connectivity index (χ0) is 14.5. The summed E-state index contributed by atoms with van der Waals surface area (Å²) in [4.78, 5) is 5.79. The second kappa shape index (κ2) is 6.32. The molecule has 0 aliphatic carbocycles. The van der Waals surface area contributed by atoms with Crippen molar-refractivity contribution in [3.8, 4) is 0 Å². The van der Waals surface area contributed by atoms with Crippen LogP contribution < -0.4 is 10.2 Å². The van der Waals surface area contributed by atoms with Crippen molar-refractivity contribution in [3.05, 3.63) is 53.6 Å². The molecule has 0 amide bonds. The van der Waals surface area contributed by atoms with Gasteiger partial charge in [0, 0.05) is 26.2 Å². The van der Waals surface area contributed by atoms with Gasteiger partial charge in [-0.3, -0.25) is 0 Å². The Morgan fingerprint density at radius 3 is 2.45 bits per heavy atom. The quantitative estimate of drug-likeness (QED) is 0.907. The second-order valence-electron chi connectivity index (χ2n) is 4.37. The van der Waals surface area contributed by atoms with E-state index in [9.17, 15) is 8.78 Å². The van der Waals surface area contributed by atoms with Crippen molar-refractivity contribution >= 4 is 11.6 Å². The summed E-state index contributed by atoms with van der Waals surface area (Å²) in [7, 11) is 1.56. The van der Waals surface area contributed by atoms with Crippen molar-refractivity contribution in [3.63, 3.8) is 0 Å². The van der Waals surface area contributed by atoms with Gasteiger partial charge in [0.1, 0.15) is 0 Å². The zero-order valence-corrected chi connectivity index (χ0v) is 11.5. The molecule has 1 aromatic carbocycles. The Bertz CT molecular complexity index is 573. The molecule has 2 aromatic rings. The summed E-state index contributed by atoms with van der Waals surface area (Å²) < 4.78 is 27.4. The highest BCUT2D eigenvalue weighted by Crippen LogP contribution is 2.23. The van der Waals surface area contributed by atoms with Gasteiger partial charge in [-0.1, -0.05) is 30.3 Å². The Kier molecular flexibility index (Phi) is 4.50. The van der Waals surface area contributed by atoms with Crippen LogP contribution in [0.1, 0.15) is 12.5 Å². The molecule has 1 aromatic heterocycles. The molecule has 0 atom stereocenters. The van der Waals surface area contributed by atoms with Crippen LogP contribution in [0.4, 0.5) is 20.4 Å². The average Bonchev–Trinajstić information content (AvgIpc) is 2.46. The molecule has 0 fully saturated rings. The molecule has 1 heterocycles. The van der Waals surface area contributed by atoms with Crippen LogP contribution in [-0.2, 0) is 6.54 Å². The first-order valence-electron chi connectivity index (χ1n) is 6.48. The molecule has 0 saturated heterocycles. The molecular formula is C15H17F2N3. The lowest BCUT2D eigenvalue weighted by atomic mass is 10.2. The third kappa shape index (κ3) is 3.04. The van der Waals surface area contributed by atoms with Crippen molar-refractivity contribution in [2.24, 2.45) is 0 Å². The predicted molar refractivity (Wildman–Crippen MR) is 76.9 cm³/mol. The summed E-state index contributed by atoms with van der Waals surface area (Å²) in [5.41, 5.74) is 1.05. The van der Waals surface area contributed by atoms with Crippen LogP contribution >= 0.6 is 0 Å². The first-order valence-corrected chi connectivity index (χ1v) is 6.48. The van der Waals surface area contributed by atoms with E-state index in [0.717, 1.165) is 11.6 Å². The zero-order valence-electron chi connectivity index (χ0n) is 11.5. The standard InChI is InChI=1S/C15H17F2N3/c1-3-20(10-11-7-5-4-6-8-11)15-13(17)9-12(16)14(18-2)19-15/h4-9H,3,10H2,1-2H3,(H,18,19). The molecule has 0 spiro atoms. The number of benzene rings is 1. The molecule has 106 valence electrons. The second-order valence-corrected chi connectivity index (χ2v) is 4.37. The molecule has 0 unspecified atom stereocenters. The van der Waals surface area contributed by atoms with Gasteiger partial charge in [0.05, 0.1) is 0 Å². The van der Waals surface area contributed by atoms with Gasteiger partial charge in [0.25, 0.3) is 0 Å². The van der Waals surface area contributed by atoms with E-state index in [-0.39, 0.29) is 11.6 Å². The lowest BCUT2D eigenvalue weighted by Crippen LogP contribution is -2.24. The van der Waals surface area contributed by atoms with Gasteiger partial charge in [0.2, 0.25) is 0 Å². The van der Waals surface area contributed by atoms with Crippen LogP contribution in [0.5, 0.6) is 0 Å². The van der Waals surface area contributed by atoms with E-state index in [1.165, 1.54) is 0 Å². The van der Waals surface area contributed by atoms with E-state index >= 15 is 0 Å². The van der Waals surface area contributed by atoms with Gasteiger partial charge in [-0.25, -0.2) is 13.8 Å². The molecule has 5 heteroatoms. The van der Waals surface area contributed by atoms with Crippen LogP contribution in [0.3, 0.4) is 0 Å². The average molecular weight is 277 g/mol. The Labute approximate surface area is 117 Å². The summed E-state index contributed by atoms with van der Waals surface area (Å²) in [5, 5.41) is 2.63. The van der Waals surface area contributed by atoms with Crippen LogP contribution in [0, 0.1) is 11.6 Å². The number of pyridine rings is 1. The Balaban J connectivity index is 2.32. The van der Waals surface area contributed by atoms with E-state index in [1.807, 2.05) is 37.3 Å². The van der Waals surface area contributed by atoms with Crippen LogP contribution in [-0.4, -0.2) is 18.6 Å². The smallest absolute Gasteiger partial charge is 0.168 e. The maximum Gasteiger partial charge on any atom is 0.168 e. The van der Waals surface area contributed by atoms with E-state index in [4.69, 9.17) is 0 Å². The third-order valence-electron chi connectivity index (χ3n) is 3.05. The van der Waals surface area contributed by atoms with Crippen LogP contribution in [0.15, 0.2) is 36.4 Å². The summed E-state index contributed by atoms with van der Waals surface area (Å²) in [5.74, 6) is -1.14. The summed E-state index contributed by atoms with van der Waals surface area (Å²) in [6.45, 7) is 3.01. The number of nitrogens with one attached hydrogen (secondary N) is 1. The normalized spacial score (nSPS) is 10.4. The van der Waals surface area contributed by atoms with Crippen molar-refractivity contribution in [1.82, 2.24) is 4.98 Å². The highest BCUT2D eigenvalue weighted by molar-refractivity contribution is 5.49. The summed E-state index contributed by atoms with van der Waals surface area (Å²) in [6.07, 6.45) is 0. The maximum atomic E-state index is 13.9. The van der Waals surface area contributed by atoms with E-state index in [0.29, 0.717) is 13.1 Å². The first kappa shape index (κ1) is 14.2. The van der Waals surface area contributed by atoms with E-state index in [2.05, 4.69) is 10.3 Å². The topological polar surface area (TPSA) is 28.2 Å². The van der Waals surface area contributed by atoms with Crippen molar-refractivity contribution in [1.29, 1.82) is 0 Å². The molecule has 2 rings (SSSR count). The fourth-order valence-corrected chi connectivity index (χ4v) is 1.99. The number of rotatable bonds is 5. The fourth-order valence-electron chi connectivity index (χ4n) is 1.99. The van der Waals surface area contributed by atoms with E-state index < -0.39 is 11.6 Å². The predicted octanol–water partition coefficient (Wildman–Crippen LogP) is 3.43. The molecule has 0 saturated carbocycles. The monoisotopic (exact) mass is 277 g/mol. The number of hydrogen-bond acceptors (Lipinski definition) is 3. The van der Waals surface area contributed by atoms with Gasteiger partial charge in [0.15, 0.2) is 23.3 Å². The Morgan fingerprint density at radius 2 is 1.85 bits per heavy atom. The lowest BCUT2D eigenvalue weighted by Gasteiger charge is -2.23. The van der Waals surface area contributed by atoms with Crippen molar-refractivity contribution < 1.29 is 8.78 Å². The number of anilines is 2. The van der Waals surface area contributed by atoms with Gasteiger partial charge >= 0.3 is 0 Å². The molecule has 0 aliphatic heterocycles.